The first-order chi connectivity index (χ1) is 6.86. The lowest BCUT2D eigenvalue weighted by Gasteiger charge is -2.26. The van der Waals surface area contributed by atoms with E-state index in [4.69, 9.17) is 0 Å². The maximum Gasteiger partial charge on any atom is 0.0580 e. The topological polar surface area (TPSA) is 44.3 Å². The van der Waals surface area contributed by atoms with Crippen LogP contribution in [-0.4, -0.2) is 36.9 Å². The molecule has 14 heavy (non-hydrogen) atoms. The Morgan fingerprint density at radius 1 is 1.14 bits per heavy atom. The van der Waals surface area contributed by atoms with E-state index < -0.39 is 0 Å². The number of aliphatic hydroxyl groups excluding tert-OH is 1. The number of hydrogen-bond donors (Lipinski definition) is 3. The van der Waals surface area contributed by atoms with Gasteiger partial charge in [-0.2, -0.15) is 0 Å². The fourth-order valence-corrected chi connectivity index (χ4v) is 2.60. The highest BCUT2D eigenvalue weighted by Gasteiger charge is 2.25. The molecular formula is C11H22N2O. The van der Waals surface area contributed by atoms with Gasteiger partial charge in [-0.05, 0) is 44.7 Å². The first kappa shape index (κ1) is 10.4. The standard InChI is InChI=1S/C11H22N2O/c14-11-3-1-2-9(11)8-13-10-4-6-12-7-5-10/h9-14H,1-8H2. The summed E-state index contributed by atoms with van der Waals surface area (Å²) in [5, 5.41) is 16.6. The Labute approximate surface area is 86.3 Å². The molecule has 1 saturated carbocycles. The molecule has 0 radical (unpaired) electrons. The second kappa shape index (κ2) is 5.10. The minimum absolute atomic E-state index is 0.0378. The third-order valence-electron chi connectivity index (χ3n) is 3.63. The van der Waals surface area contributed by atoms with Crippen molar-refractivity contribution in [1.29, 1.82) is 0 Å². The van der Waals surface area contributed by atoms with Crippen molar-refractivity contribution in [3.8, 4) is 0 Å². The van der Waals surface area contributed by atoms with Gasteiger partial charge in [-0.15, -0.1) is 0 Å². The maximum absolute atomic E-state index is 9.67. The molecule has 2 unspecified atom stereocenters. The van der Waals surface area contributed by atoms with E-state index >= 15 is 0 Å². The monoisotopic (exact) mass is 198 g/mol. The molecule has 3 heteroatoms. The Kier molecular flexibility index (Phi) is 3.79. The summed E-state index contributed by atoms with van der Waals surface area (Å²) in [4.78, 5) is 0. The molecule has 2 aliphatic rings. The fraction of sp³-hybridized carbons (Fsp3) is 1.00. The number of hydrogen-bond acceptors (Lipinski definition) is 3. The molecule has 2 fully saturated rings. The lowest BCUT2D eigenvalue weighted by atomic mass is 10.0. The number of nitrogens with one attached hydrogen (secondary N) is 2. The van der Waals surface area contributed by atoms with Crippen LogP contribution in [0.25, 0.3) is 0 Å². The third-order valence-corrected chi connectivity index (χ3v) is 3.63. The zero-order chi connectivity index (χ0) is 9.80. The second-order valence-electron chi connectivity index (χ2n) is 4.69. The Morgan fingerprint density at radius 3 is 2.57 bits per heavy atom. The zero-order valence-corrected chi connectivity index (χ0v) is 8.84. The smallest absolute Gasteiger partial charge is 0.0580 e. The fourth-order valence-electron chi connectivity index (χ4n) is 2.60. The van der Waals surface area contributed by atoms with Gasteiger partial charge >= 0.3 is 0 Å². The van der Waals surface area contributed by atoms with Gasteiger partial charge in [-0.25, -0.2) is 0 Å². The quantitative estimate of drug-likeness (QED) is 0.618. The van der Waals surface area contributed by atoms with Gasteiger partial charge in [0.2, 0.25) is 0 Å². The van der Waals surface area contributed by atoms with Crippen LogP contribution in [0.15, 0.2) is 0 Å². The summed E-state index contributed by atoms with van der Waals surface area (Å²) in [5.74, 6) is 0.518. The lowest BCUT2D eigenvalue weighted by Crippen LogP contribution is -2.42. The van der Waals surface area contributed by atoms with Crippen LogP contribution in [-0.2, 0) is 0 Å². The average Bonchev–Trinajstić information content (AvgIpc) is 2.63. The summed E-state index contributed by atoms with van der Waals surface area (Å²) in [6, 6.07) is 0.684. The van der Waals surface area contributed by atoms with E-state index in [0.29, 0.717) is 12.0 Å². The molecule has 0 spiro atoms. The Bertz CT molecular complexity index is 169. The van der Waals surface area contributed by atoms with Gasteiger partial charge in [0.15, 0.2) is 0 Å². The molecule has 0 bridgehead atoms. The van der Waals surface area contributed by atoms with Crippen molar-refractivity contribution in [3.63, 3.8) is 0 Å². The van der Waals surface area contributed by atoms with E-state index in [1.165, 1.54) is 25.7 Å². The predicted molar refractivity (Wildman–Crippen MR) is 57.2 cm³/mol. The molecule has 0 amide bonds. The Morgan fingerprint density at radius 2 is 1.93 bits per heavy atom. The van der Waals surface area contributed by atoms with E-state index in [1.807, 2.05) is 0 Å². The molecule has 2 atom stereocenters. The normalized spacial score (nSPS) is 34.9. The highest BCUT2D eigenvalue weighted by Crippen LogP contribution is 2.24. The van der Waals surface area contributed by atoms with Crippen molar-refractivity contribution >= 4 is 0 Å². The summed E-state index contributed by atoms with van der Waals surface area (Å²) >= 11 is 0. The van der Waals surface area contributed by atoms with E-state index in [2.05, 4.69) is 10.6 Å². The molecule has 1 saturated heterocycles. The van der Waals surface area contributed by atoms with Crippen LogP contribution in [0.2, 0.25) is 0 Å². The van der Waals surface area contributed by atoms with Crippen molar-refractivity contribution in [1.82, 2.24) is 10.6 Å². The Hall–Kier alpha value is -0.120. The Balaban J connectivity index is 1.65. The first-order valence-corrected chi connectivity index (χ1v) is 5.98. The predicted octanol–water partition coefficient (Wildman–Crippen LogP) is 0.489. The highest BCUT2D eigenvalue weighted by atomic mass is 16.3. The van der Waals surface area contributed by atoms with Crippen LogP contribution < -0.4 is 10.6 Å². The minimum Gasteiger partial charge on any atom is -0.393 e. The number of rotatable bonds is 3. The van der Waals surface area contributed by atoms with Crippen LogP contribution >= 0.6 is 0 Å². The van der Waals surface area contributed by atoms with Crippen LogP contribution in [0.1, 0.15) is 32.1 Å². The minimum atomic E-state index is -0.0378. The first-order valence-electron chi connectivity index (χ1n) is 5.98. The summed E-state index contributed by atoms with van der Waals surface area (Å²) in [6.07, 6.45) is 5.87. The van der Waals surface area contributed by atoms with E-state index in [0.717, 1.165) is 26.1 Å². The van der Waals surface area contributed by atoms with Gasteiger partial charge in [-0.3, -0.25) is 0 Å². The molecule has 1 aliphatic heterocycles. The molecule has 3 N–H and O–H groups in total. The summed E-state index contributed by atoms with van der Waals surface area (Å²) in [5.41, 5.74) is 0. The zero-order valence-electron chi connectivity index (χ0n) is 8.84. The second-order valence-corrected chi connectivity index (χ2v) is 4.69. The van der Waals surface area contributed by atoms with Gasteiger partial charge in [0.1, 0.15) is 0 Å². The van der Waals surface area contributed by atoms with Crippen molar-refractivity contribution in [2.45, 2.75) is 44.2 Å². The molecule has 3 nitrogen and oxygen atoms in total. The molecule has 0 aromatic carbocycles. The SMILES string of the molecule is OC1CCCC1CNC1CCNCC1. The largest absolute Gasteiger partial charge is 0.393 e. The lowest BCUT2D eigenvalue weighted by molar-refractivity contribution is 0.128. The van der Waals surface area contributed by atoms with Crippen molar-refractivity contribution in [3.05, 3.63) is 0 Å². The highest BCUT2D eigenvalue weighted by molar-refractivity contribution is 4.81. The van der Waals surface area contributed by atoms with Gasteiger partial charge in [0.25, 0.3) is 0 Å². The van der Waals surface area contributed by atoms with Crippen LogP contribution in [0.3, 0.4) is 0 Å². The molecule has 0 aromatic heterocycles. The molecule has 82 valence electrons. The van der Waals surface area contributed by atoms with E-state index in [9.17, 15) is 5.11 Å². The van der Waals surface area contributed by atoms with Gasteiger partial charge in [-0.1, -0.05) is 6.42 Å². The van der Waals surface area contributed by atoms with Crippen LogP contribution in [0, 0.1) is 5.92 Å². The number of aliphatic hydroxyl groups is 1. The van der Waals surface area contributed by atoms with Crippen LogP contribution in [0.4, 0.5) is 0 Å². The van der Waals surface area contributed by atoms with Crippen molar-refractivity contribution in [2.24, 2.45) is 5.92 Å². The molecule has 1 aliphatic carbocycles. The van der Waals surface area contributed by atoms with E-state index in [1.54, 1.807) is 0 Å². The molecule has 0 aromatic rings. The third kappa shape index (κ3) is 2.69. The molecule has 1 heterocycles. The summed E-state index contributed by atoms with van der Waals surface area (Å²) < 4.78 is 0. The average molecular weight is 198 g/mol. The summed E-state index contributed by atoms with van der Waals surface area (Å²) in [7, 11) is 0. The molecule has 2 rings (SSSR count). The van der Waals surface area contributed by atoms with Gasteiger partial charge in [0, 0.05) is 12.6 Å². The maximum atomic E-state index is 9.67. The van der Waals surface area contributed by atoms with E-state index in [-0.39, 0.29) is 6.10 Å². The van der Waals surface area contributed by atoms with Crippen molar-refractivity contribution < 1.29 is 5.11 Å². The van der Waals surface area contributed by atoms with Crippen molar-refractivity contribution in [2.75, 3.05) is 19.6 Å². The van der Waals surface area contributed by atoms with Crippen LogP contribution in [0.5, 0.6) is 0 Å². The van der Waals surface area contributed by atoms with Gasteiger partial charge in [0.05, 0.1) is 6.10 Å². The number of piperidine rings is 1. The molecular weight excluding hydrogens is 176 g/mol. The summed E-state index contributed by atoms with van der Waals surface area (Å²) in [6.45, 7) is 3.31. The van der Waals surface area contributed by atoms with Gasteiger partial charge < -0.3 is 15.7 Å².